The van der Waals surface area contributed by atoms with E-state index in [9.17, 15) is 9.59 Å². The molecule has 4 aromatic rings. The molecule has 0 radical (unpaired) electrons. The third-order valence-corrected chi connectivity index (χ3v) is 6.05. The summed E-state index contributed by atoms with van der Waals surface area (Å²) in [4.78, 5) is 24.9. The Balaban J connectivity index is 1.31. The Labute approximate surface area is 203 Å². The molecule has 3 aromatic carbocycles. The van der Waals surface area contributed by atoms with Crippen LogP contribution in [0.4, 0.5) is 0 Å². The number of carbonyl (C=O) groups is 2. The van der Waals surface area contributed by atoms with Crippen molar-refractivity contribution in [3.05, 3.63) is 106 Å². The molecule has 0 aliphatic rings. The SMILES string of the molecule is CCOC(=O)Cc1ccc(CNC(=O)c2cc(-c3ccc(Oc4ccccc4)cc3)cs2)cc1. The van der Waals surface area contributed by atoms with Crippen molar-refractivity contribution in [2.75, 3.05) is 6.61 Å². The summed E-state index contributed by atoms with van der Waals surface area (Å²) in [5, 5.41) is 4.94. The van der Waals surface area contributed by atoms with Crippen molar-refractivity contribution < 1.29 is 19.1 Å². The van der Waals surface area contributed by atoms with Gasteiger partial charge in [-0.05, 0) is 64.9 Å². The zero-order chi connectivity index (χ0) is 23.8. The third kappa shape index (κ3) is 6.33. The number of carbonyl (C=O) groups excluding carboxylic acids is 2. The van der Waals surface area contributed by atoms with E-state index in [0.29, 0.717) is 18.0 Å². The van der Waals surface area contributed by atoms with E-state index in [1.165, 1.54) is 11.3 Å². The quantitative estimate of drug-likeness (QED) is 0.293. The molecule has 0 saturated carbocycles. The van der Waals surface area contributed by atoms with Crippen molar-refractivity contribution in [1.82, 2.24) is 5.32 Å². The van der Waals surface area contributed by atoms with Crippen molar-refractivity contribution in [2.24, 2.45) is 0 Å². The number of rotatable bonds is 9. The zero-order valence-corrected chi connectivity index (χ0v) is 19.6. The largest absolute Gasteiger partial charge is 0.466 e. The first kappa shape index (κ1) is 23.3. The predicted molar refractivity (Wildman–Crippen MR) is 134 cm³/mol. The molecule has 1 N–H and O–H groups in total. The van der Waals surface area contributed by atoms with E-state index in [0.717, 1.165) is 33.8 Å². The van der Waals surface area contributed by atoms with E-state index in [4.69, 9.17) is 9.47 Å². The lowest BCUT2D eigenvalue weighted by molar-refractivity contribution is -0.142. The molecule has 0 spiro atoms. The molecular weight excluding hydrogens is 446 g/mol. The summed E-state index contributed by atoms with van der Waals surface area (Å²) in [6.07, 6.45) is 0.248. The maximum absolute atomic E-state index is 12.6. The average molecular weight is 472 g/mol. The van der Waals surface area contributed by atoms with E-state index in [1.807, 2.05) is 90.3 Å². The van der Waals surface area contributed by atoms with Gasteiger partial charge in [0.15, 0.2) is 0 Å². The normalized spacial score (nSPS) is 10.5. The summed E-state index contributed by atoms with van der Waals surface area (Å²) in [6.45, 7) is 2.58. The highest BCUT2D eigenvalue weighted by Gasteiger charge is 2.11. The van der Waals surface area contributed by atoms with Gasteiger partial charge in [-0.25, -0.2) is 0 Å². The Morgan fingerprint density at radius 3 is 2.21 bits per heavy atom. The van der Waals surface area contributed by atoms with E-state index >= 15 is 0 Å². The highest BCUT2D eigenvalue weighted by molar-refractivity contribution is 7.12. The van der Waals surface area contributed by atoms with Crippen LogP contribution < -0.4 is 10.1 Å². The van der Waals surface area contributed by atoms with Crippen LogP contribution in [-0.4, -0.2) is 18.5 Å². The van der Waals surface area contributed by atoms with Crippen molar-refractivity contribution in [1.29, 1.82) is 0 Å². The maximum atomic E-state index is 12.6. The molecular formula is C28H25NO4S. The van der Waals surface area contributed by atoms with Crippen molar-refractivity contribution in [2.45, 2.75) is 19.9 Å². The number of benzene rings is 3. The van der Waals surface area contributed by atoms with Gasteiger partial charge in [-0.15, -0.1) is 11.3 Å². The molecule has 1 amide bonds. The first-order valence-corrected chi connectivity index (χ1v) is 11.9. The molecule has 34 heavy (non-hydrogen) atoms. The van der Waals surface area contributed by atoms with Crippen molar-refractivity contribution in [3.8, 4) is 22.6 Å². The Morgan fingerprint density at radius 1 is 0.824 bits per heavy atom. The number of para-hydroxylation sites is 1. The second-order valence-electron chi connectivity index (χ2n) is 7.62. The van der Waals surface area contributed by atoms with Crippen LogP contribution in [0.5, 0.6) is 11.5 Å². The fourth-order valence-electron chi connectivity index (χ4n) is 3.37. The summed E-state index contributed by atoms with van der Waals surface area (Å²) in [7, 11) is 0. The van der Waals surface area contributed by atoms with Crippen LogP contribution in [0.15, 0.2) is 90.3 Å². The van der Waals surface area contributed by atoms with Gasteiger partial charge in [-0.1, -0.05) is 54.6 Å². The Bertz CT molecular complexity index is 1230. The summed E-state index contributed by atoms with van der Waals surface area (Å²) < 4.78 is 10.8. The molecule has 1 aromatic heterocycles. The number of hydrogen-bond donors (Lipinski definition) is 1. The van der Waals surface area contributed by atoms with Crippen molar-refractivity contribution in [3.63, 3.8) is 0 Å². The summed E-state index contributed by atoms with van der Waals surface area (Å²) in [6, 6.07) is 26.9. The van der Waals surface area contributed by atoms with Gasteiger partial charge in [0.05, 0.1) is 17.9 Å². The molecule has 6 heteroatoms. The number of hydrogen-bond acceptors (Lipinski definition) is 5. The number of nitrogens with one attached hydrogen (secondary N) is 1. The molecule has 0 saturated heterocycles. The summed E-state index contributed by atoms with van der Waals surface area (Å²) >= 11 is 1.41. The Morgan fingerprint density at radius 2 is 1.50 bits per heavy atom. The second kappa shape index (κ2) is 11.3. The Hall–Kier alpha value is -3.90. The minimum absolute atomic E-state index is 0.115. The smallest absolute Gasteiger partial charge is 0.310 e. The predicted octanol–water partition coefficient (Wildman–Crippen LogP) is 6.24. The van der Waals surface area contributed by atoms with Gasteiger partial charge < -0.3 is 14.8 Å². The third-order valence-electron chi connectivity index (χ3n) is 5.12. The highest BCUT2D eigenvalue weighted by Crippen LogP contribution is 2.29. The van der Waals surface area contributed by atoms with Gasteiger partial charge in [0.1, 0.15) is 11.5 Å². The van der Waals surface area contributed by atoms with Gasteiger partial charge in [0.2, 0.25) is 0 Å². The molecule has 0 aliphatic heterocycles. The molecule has 1 heterocycles. The van der Waals surface area contributed by atoms with E-state index in [2.05, 4.69) is 5.32 Å². The fourth-order valence-corrected chi connectivity index (χ4v) is 4.20. The Kier molecular flexibility index (Phi) is 7.73. The van der Waals surface area contributed by atoms with Gasteiger partial charge in [0, 0.05) is 6.54 Å². The highest BCUT2D eigenvalue weighted by atomic mass is 32.1. The van der Waals surface area contributed by atoms with E-state index in [-0.39, 0.29) is 18.3 Å². The van der Waals surface area contributed by atoms with E-state index in [1.54, 1.807) is 6.92 Å². The minimum Gasteiger partial charge on any atom is -0.466 e. The summed E-state index contributed by atoms with van der Waals surface area (Å²) in [5.41, 5.74) is 3.86. The average Bonchev–Trinajstić information content (AvgIpc) is 3.35. The second-order valence-corrected chi connectivity index (χ2v) is 8.53. The number of amides is 1. The molecule has 0 atom stereocenters. The fraction of sp³-hybridized carbons (Fsp3) is 0.143. The lowest BCUT2D eigenvalue weighted by atomic mass is 10.1. The maximum Gasteiger partial charge on any atom is 0.310 e. The number of ether oxygens (including phenoxy) is 2. The van der Waals surface area contributed by atoms with Crippen LogP contribution in [0.3, 0.4) is 0 Å². The number of esters is 1. The molecule has 0 bridgehead atoms. The van der Waals surface area contributed by atoms with Crippen LogP contribution in [0.1, 0.15) is 27.7 Å². The summed E-state index contributed by atoms with van der Waals surface area (Å²) in [5.74, 6) is 1.20. The molecule has 5 nitrogen and oxygen atoms in total. The van der Waals surface area contributed by atoms with Crippen LogP contribution in [0, 0.1) is 0 Å². The monoisotopic (exact) mass is 471 g/mol. The lowest BCUT2D eigenvalue weighted by Crippen LogP contribution is -2.21. The van der Waals surface area contributed by atoms with Crippen LogP contribution in [-0.2, 0) is 22.5 Å². The van der Waals surface area contributed by atoms with Gasteiger partial charge in [-0.2, -0.15) is 0 Å². The van der Waals surface area contributed by atoms with Crippen LogP contribution in [0.2, 0.25) is 0 Å². The molecule has 4 rings (SSSR count). The first-order chi connectivity index (χ1) is 16.6. The molecule has 0 aliphatic carbocycles. The lowest BCUT2D eigenvalue weighted by Gasteiger charge is -2.06. The van der Waals surface area contributed by atoms with E-state index < -0.39 is 0 Å². The first-order valence-electron chi connectivity index (χ1n) is 11.0. The number of thiophene rings is 1. The minimum atomic E-state index is -0.240. The zero-order valence-electron chi connectivity index (χ0n) is 18.8. The van der Waals surface area contributed by atoms with Gasteiger partial charge >= 0.3 is 5.97 Å². The van der Waals surface area contributed by atoms with Crippen molar-refractivity contribution >= 4 is 23.2 Å². The standard InChI is InChI=1S/C28H25NO4S/c1-2-32-27(30)16-20-8-10-21(11-9-20)18-29-28(31)26-17-23(19-34-26)22-12-14-25(15-13-22)33-24-6-4-3-5-7-24/h3-15,17,19H,2,16,18H2,1H3,(H,29,31). The van der Waals surface area contributed by atoms with Crippen LogP contribution >= 0.6 is 11.3 Å². The topological polar surface area (TPSA) is 64.6 Å². The van der Waals surface area contributed by atoms with Gasteiger partial charge in [0.25, 0.3) is 5.91 Å². The molecule has 0 unspecified atom stereocenters. The van der Waals surface area contributed by atoms with Gasteiger partial charge in [-0.3, -0.25) is 9.59 Å². The molecule has 0 fully saturated rings. The van der Waals surface area contributed by atoms with Crippen LogP contribution in [0.25, 0.3) is 11.1 Å². The molecule has 172 valence electrons.